The molecular formula is C25H22N6O2. The number of amides is 1. The SMILES string of the molecule is COc1ccccc1C1C(C(=O)Nc2ccccn2)=C(C)Nc2nc(-c3ccccc3)nn21. The number of aromatic nitrogens is 4. The molecule has 8 heteroatoms. The molecule has 2 aromatic carbocycles. The topological polar surface area (TPSA) is 94.0 Å². The van der Waals surface area contributed by atoms with Crippen LogP contribution < -0.4 is 15.4 Å². The number of nitrogens with zero attached hydrogens (tertiary/aromatic N) is 4. The van der Waals surface area contributed by atoms with Crippen LogP contribution in [0.2, 0.25) is 0 Å². The number of hydrogen-bond donors (Lipinski definition) is 2. The van der Waals surface area contributed by atoms with Crippen LogP contribution >= 0.6 is 0 Å². The number of anilines is 2. The maximum atomic E-state index is 13.5. The molecule has 3 heterocycles. The molecule has 1 unspecified atom stereocenters. The number of para-hydroxylation sites is 1. The van der Waals surface area contributed by atoms with Crippen molar-refractivity contribution in [1.82, 2.24) is 19.7 Å². The number of rotatable bonds is 5. The maximum Gasteiger partial charge on any atom is 0.257 e. The fourth-order valence-corrected chi connectivity index (χ4v) is 3.95. The van der Waals surface area contributed by atoms with Gasteiger partial charge in [-0.05, 0) is 25.1 Å². The molecule has 2 N–H and O–H groups in total. The molecule has 1 aliphatic heterocycles. The molecule has 5 rings (SSSR count). The lowest BCUT2D eigenvalue weighted by Crippen LogP contribution is -2.31. The number of ether oxygens (including phenoxy) is 1. The van der Waals surface area contributed by atoms with Crippen LogP contribution in [0, 0.1) is 0 Å². The zero-order valence-corrected chi connectivity index (χ0v) is 18.2. The van der Waals surface area contributed by atoms with Gasteiger partial charge in [0.15, 0.2) is 5.82 Å². The van der Waals surface area contributed by atoms with Crippen LogP contribution in [0.5, 0.6) is 5.75 Å². The predicted octanol–water partition coefficient (Wildman–Crippen LogP) is 4.28. The molecule has 4 aromatic rings. The highest BCUT2D eigenvalue weighted by Gasteiger charge is 2.36. The summed E-state index contributed by atoms with van der Waals surface area (Å²) in [5.41, 5.74) is 2.87. The number of hydrogen-bond acceptors (Lipinski definition) is 6. The van der Waals surface area contributed by atoms with Gasteiger partial charge in [0.05, 0.1) is 12.7 Å². The third kappa shape index (κ3) is 3.82. The summed E-state index contributed by atoms with van der Waals surface area (Å²) in [6, 6.07) is 22.2. The molecule has 8 nitrogen and oxygen atoms in total. The van der Waals surface area contributed by atoms with E-state index in [4.69, 9.17) is 14.8 Å². The number of benzene rings is 2. The standard InChI is InChI=1S/C25H22N6O2/c1-16-21(24(32)28-20-14-8-9-15-26-20)22(18-12-6-7-13-19(18)33-2)31-25(27-16)29-23(30-31)17-10-4-3-5-11-17/h3-15,22H,1-2H3,(H,26,28,32)(H,27,29,30). The minimum absolute atomic E-state index is 0.281. The first-order valence-corrected chi connectivity index (χ1v) is 10.5. The molecule has 1 aliphatic rings. The molecule has 164 valence electrons. The van der Waals surface area contributed by atoms with Crippen molar-refractivity contribution in [2.45, 2.75) is 13.0 Å². The monoisotopic (exact) mass is 438 g/mol. The Kier molecular flexibility index (Phi) is 5.32. The summed E-state index contributed by atoms with van der Waals surface area (Å²) in [6.45, 7) is 1.86. The van der Waals surface area contributed by atoms with E-state index in [-0.39, 0.29) is 5.91 Å². The summed E-state index contributed by atoms with van der Waals surface area (Å²) in [4.78, 5) is 22.4. The van der Waals surface area contributed by atoms with Gasteiger partial charge >= 0.3 is 0 Å². The van der Waals surface area contributed by atoms with Gasteiger partial charge in [0, 0.05) is 23.0 Å². The number of fused-ring (bicyclic) bond motifs is 1. The van der Waals surface area contributed by atoms with E-state index < -0.39 is 6.04 Å². The van der Waals surface area contributed by atoms with Gasteiger partial charge in [-0.2, -0.15) is 4.98 Å². The molecule has 1 atom stereocenters. The summed E-state index contributed by atoms with van der Waals surface area (Å²) in [6.07, 6.45) is 1.63. The van der Waals surface area contributed by atoms with Crippen molar-refractivity contribution in [2.24, 2.45) is 0 Å². The number of nitrogens with one attached hydrogen (secondary N) is 2. The Morgan fingerprint density at radius 1 is 1.03 bits per heavy atom. The highest BCUT2D eigenvalue weighted by molar-refractivity contribution is 6.05. The van der Waals surface area contributed by atoms with Crippen LogP contribution in [0.1, 0.15) is 18.5 Å². The van der Waals surface area contributed by atoms with Crippen LogP contribution in [0.25, 0.3) is 11.4 Å². The summed E-state index contributed by atoms with van der Waals surface area (Å²) in [7, 11) is 1.61. The van der Waals surface area contributed by atoms with E-state index in [1.165, 1.54) is 0 Å². The lowest BCUT2D eigenvalue weighted by molar-refractivity contribution is -0.113. The van der Waals surface area contributed by atoms with Crippen LogP contribution in [-0.2, 0) is 4.79 Å². The zero-order valence-electron chi connectivity index (χ0n) is 18.2. The van der Waals surface area contributed by atoms with Crippen molar-refractivity contribution in [2.75, 3.05) is 17.7 Å². The summed E-state index contributed by atoms with van der Waals surface area (Å²) in [5, 5.41) is 10.9. The molecule has 0 saturated heterocycles. The Hall–Kier alpha value is -4.46. The number of carbonyl (C=O) groups excluding carboxylic acids is 1. The van der Waals surface area contributed by atoms with Gasteiger partial charge in [-0.15, -0.1) is 5.10 Å². The Morgan fingerprint density at radius 2 is 1.79 bits per heavy atom. The molecular weight excluding hydrogens is 416 g/mol. The van der Waals surface area contributed by atoms with Crippen LogP contribution in [0.15, 0.2) is 90.3 Å². The Balaban J connectivity index is 1.64. The number of carbonyl (C=O) groups is 1. The van der Waals surface area contributed by atoms with Crippen molar-refractivity contribution in [3.63, 3.8) is 0 Å². The molecule has 0 spiro atoms. The smallest absolute Gasteiger partial charge is 0.257 e. The van der Waals surface area contributed by atoms with Crippen molar-refractivity contribution in [1.29, 1.82) is 0 Å². The fourth-order valence-electron chi connectivity index (χ4n) is 3.95. The zero-order chi connectivity index (χ0) is 22.8. The third-order valence-electron chi connectivity index (χ3n) is 5.47. The second-order valence-corrected chi connectivity index (χ2v) is 7.55. The normalized spacial score (nSPS) is 14.9. The molecule has 33 heavy (non-hydrogen) atoms. The van der Waals surface area contributed by atoms with Gasteiger partial charge in [-0.1, -0.05) is 54.6 Å². The lowest BCUT2D eigenvalue weighted by atomic mass is 9.94. The number of pyridine rings is 1. The van der Waals surface area contributed by atoms with E-state index >= 15 is 0 Å². The van der Waals surface area contributed by atoms with Crippen molar-refractivity contribution >= 4 is 17.7 Å². The minimum atomic E-state index is -0.550. The highest BCUT2D eigenvalue weighted by atomic mass is 16.5. The van der Waals surface area contributed by atoms with Crippen molar-refractivity contribution < 1.29 is 9.53 Å². The lowest BCUT2D eigenvalue weighted by Gasteiger charge is -2.29. The Morgan fingerprint density at radius 3 is 2.55 bits per heavy atom. The van der Waals surface area contributed by atoms with E-state index in [2.05, 4.69) is 15.6 Å². The van der Waals surface area contributed by atoms with Crippen LogP contribution in [0.3, 0.4) is 0 Å². The van der Waals surface area contributed by atoms with Gasteiger partial charge in [0.2, 0.25) is 5.95 Å². The van der Waals surface area contributed by atoms with E-state index in [1.54, 1.807) is 30.1 Å². The number of methoxy groups -OCH3 is 1. The van der Waals surface area contributed by atoms with E-state index in [9.17, 15) is 4.79 Å². The molecule has 2 aromatic heterocycles. The summed E-state index contributed by atoms with van der Waals surface area (Å²) < 4.78 is 7.37. The summed E-state index contributed by atoms with van der Waals surface area (Å²) >= 11 is 0. The fraction of sp³-hybridized carbons (Fsp3) is 0.120. The molecule has 0 aliphatic carbocycles. The molecule has 0 saturated carbocycles. The van der Waals surface area contributed by atoms with Crippen LogP contribution in [0.4, 0.5) is 11.8 Å². The van der Waals surface area contributed by atoms with Crippen molar-refractivity contribution in [3.05, 3.63) is 95.8 Å². The van der Waals surface area contributed by atoms with Crippen LogP contribution in [-0.4, -0.2) is 32.8 Å². The average molecular weight is 438 g/mol. The van der Waals surface area contributed by atoms with Gasteiger partial charge in [-0.3, -0.25) is 4.79 Å². The van der Waals surface area contributed by atoms with E-state index in [1.807, 2.05) is 67.6 Å². The first kappa shape index (κ1) is 20.4. The van der Waals surface area contributed by atoms with E-state index in [0.29, 0.717) is 34.6 Å². The second kappa shape index (κ2) is 8.58. The van der Waals surface area contributed by atoms with E-state index in [0.717, 1.165) is 11.1 Å². The molecule has 0 bridgehead atoms. The first-order valence-electron chi connectivity index (χ1n) is 10.5. The first-order chi connectivity index (χ1) is 16.2. The molecule has 1 amide bonds. The van der Waals surface area contributed by atoms with Gasteiger partial charge in [0.25, 0.3) is 5.91 Å². The quantitative estimate of drug-likeness (QED) is 0.483. The van der Waals surface area contributed by atoms with Gasteiger partial charge in [0.1, 0.15) is 17.6 Å². The Bertz CT molecular complexity index is 1330. The third-order valence-corrected chi connectivity index (χ3v) is 5.47. The molecule has 0 fully saturated rings. The minimum Gasteiger partial charge on any atom is -0.496 e. The second-order valence-electron chi connectivity index (χ2n) is 7.55. The predicted molar refractivity (Wildman–Crippen MR) is 126 cm³/mol. The van der Waals surface area contributed by atoms with Crippen molar-refractivity contribution in [3.8, 4) is 17.1 Å². The highest BCUT2D eigenvalue weighted by Crippen LogP contribution is 2.40. The number of allylic oxidation sites excluding steroid dienone is 1. The largest absolute Gasteiger partial charge is 0.496 e. The Labute approximate surface area is 191 Å². The average Bonchev–Trinajstić information content (AvgIpc) is 3.28. The van der Waals surface area contributed by atoms with Gasteiger partial charge < -0.3 is 15.4 Å². The molecule has 0 radical (unpaired) electrons. The maximum absolute atomic E-state index is 13.5. The summed E-state index contributed by atoms with van der Waals surface area (Å²) in [5.74, 6) is 1.96. The van der Waals surface area contributed by atoms with Gasteiger partial charge in [-0.25, -0.2) is 9.67 Å².